The molecule has 16 rings (SSSR count). The molecule has 33 heteroatoms. The fourth-order valence-electron chi connectivity index (χ4n) is 16.9. The number of aliphatic hydroxyl groups is 1. The minimum atomic E-state index is -0.716. The second kappa shape index (κ2) is 51.5. The second-order valence-electron chi connectivity index (χ2n) is 38.4. The molecular weight excluding hydrogens is 2040 g/mol. The lowest BCUT2D eigenvalue weighted by Gasteiger charge is -2.32. The number of alkyl halides is 1. The highest BCUT2D eigenvalue weighted by molar-refractivity contribution is 6.63. The molecule has 0 bridgehead atoms. The summed E-state index contributed by atoms with van der Waals surface area (Å²) in [5.41, 5.74) is 15.7. The van der Waals surface area contributed by atoms with Crippen LogP contribution < -0.4 is 53.6 Å². The molecule has 2 N–H and O–H groups in total. The summed E-state index contributed by atoms with van der Waals surface area (Å²) in [6.45, 7) is 32.3. The normalized spacial score (nSPS) is 14.6. The molecule has 1 atom stereocenters. The zero-order valence-electron chi connectivity index (χ0n) is 85.5. The van der Waals surface area contributed by atoms with Crippen LogP contribution >= 0.6 is 58.0 Å². The molecule has 3 heterocycles. The van der Waals surface area contributed by atoms with Crippen molar-refractivity contribution in [3.8, 4) is 79.7 Å². The van der Waals surface area contributed by atoms with Crippen molar-refractivity contribution < 1.29 is 117 Å². The van der Waals surface area contributed by atoms with Crippen LogP contribution in [0.2, 0.25) is 20.1 Å². The van der Waals surface area contributed by atoms with Gasteiger partial charge in [-0.1, -0.05) is 143 Å². The fraction of sp³-hybridized carbons (Fsp3) is 0.299. The first-order valence-electron chi connectivity index (χ1n) is 48.5. The Balaban J connectivity index is 0.000000169. The average molecular weight is 2150 g/mol. The van der Waals surface area contributed by atoms with E-state index in [1.54, 1.807) is 0 Å². The van der Waals surface area contributed by atoms with Crippen molar-refractivity contribution in [2.24, 2.45) is 0 Å². The van der Waals surface area contributed by atoms with E-state index in [0.29, 0.717) is 67.2 Å². The van der Waals surface area contributed by atoms with Crippen molar-refractivity contribution >= 4 is 108 Å². The number of likely N-dealkylation sites (tertiary alicyclic amines) is 1. The topological polar surface area (TPSA) is 232 Å². The summed E-state index contributed by atoms with van der Waals surface area (Å²) in [4.78, 5) is 48.0. The monoisotopic (exact) mass is 2150 g/mol. The van der Waals surface area contributed by atoms with Crippen LogP contribution in [0.1, 0.15) is 188 Å². The number of phenolic OH excluding ortho intramolecular Hbond substituents is 1. The molecule has 0 aromatic heterocycles. The van der Waals surface area contributed by atoms with Crippen LogP contribution in [0.5, 0.6) is 57.5 Å². The van der Waals surface area contributed by atoms with Crippen molar-refractivity contribution in [1.29, 1.82) is 0 Å². The molecule has 0 spiro atoms. The standard InChI is InChI=1S/C36H36ClF2NO5.C32H28Cl2F2O4.C28H28BClF2O5.C21H24BClO5/c1-23-26(22-45-36-18-35(27(20-41)16-33(36)37)44-21-25-14-28(38)17-29(39)15-25)6-3-7-31(23)32-8-4-9-34(24(32)2)43-13-5-11-40-12-10-30(42)19-40;1-20-23(6-3-7-27(20)28-8-4-9-30(21(28)2)38-11-5-10-33)19-40-32-16-31(24(17-37)14-29(32)34)39-18-22-12-25(35)15-26(36)13-22;1-17-19(7-6-8-23(17)29-36-27(2,3)28(4,5)37-29)16-35-26-13-25(20(14-33)11-24(26)30)34-15-18-9-21(31)12-22(32)10-18;1-13-14(12-26-19-10-18(25)15(11-24)9-17(19)23)7-6-8-16(13)22-27-20(2,3)21(4,5)28-22/h3-4,6-9,14-18,20,30,42H,5,10-13,19,21-22H2,1-2H3;3-4,6-9,12-17H,5,10-11,18-19H2,1-2H3;6-14H,15-16H2,1-5H3;6-11,25H,12H2,1-5H3/t30-;;;/m1.../s1. The minimum absolute atomic E-state index is 0.122. The Morgan fingerprint density at radius 3 is 0.947 bits per heavy atom. The van der Waals surface area contributed by atoms with Crippen LogP contribution in [0.4, 0.5) is 26.3 Å². The summed E-state index contributed by atoms with van der Waals surface area (Å²) >= 11 is 31.1. The Bertz CT molecular complexity index is 6950. The van der Waals surface area contributed by atoms with Crippen molar-refractivity contribution in [2.45, 2.75) is 191 Å². The zero-order chi connectivity index (χ0) is 108. The molecule has 13 aromatic carbocycles. The first-order valence-corrected chi connectivity index (χ1v) is 50.6. The Morgan fingerprint density at radius 1 is 0.347 bits per heavy atom. The predicted molar refractivity (Wildman–Crippen MR) is 573 cm³/mol. The third-order valence-electron chi connectivity index (χ3n) is 27.0. The third-order valence-corrected chi connectivity index (χ3v) is 28.4. The van der Waals surface area contributed by atoms with Crippen LogP contribution in [0, 0.1) is 76.4 Å². The number of aromatic hydroxyl groups is 1. The van der Waals surface area contributed by atoms with Gasteiger partial charge in [-0.2, -0.15) is 0 Å². The van der Waals surface area contributed by atoms with Crippen LogP contribution in [0.15, 0.2) is 212 Å². The quantitative estimate of drug-likeness (QED) is 0.0120. The van der Waals surface area contributed by atoms with E-state index >= 15 is 0 Å². The molecule has 3 aliphatic rings. The number of carbonyl (C=O) groups is 4. The van der Waals surface area contributed by atoms with E-state index in [1.807, 2.05) is 175 Å². The van der Waals surface area contributed by atoms with E-state index in [4.69, 9.17) is 119 Å². The summed E-state index contributed by atoms with van der Waals surface area (Å²) in [6, 6.07) is 56.6. The van der Waals surface area contributed by atoms with Gasteiger partial charge in [0.25, 0.3) is 0 Å². The highest BCUT2D eigenvalue weighted by atomic mass is 35.5. The highest BCUT2D eigenvalue weighted by Gasteiger charge is 2.53. The number of hydrogen-bond acceptors (Lipinski definition) is 20. The number of hydrogen-bond donors (Lipinski definition) is 2. The van der Waals surface area contributed by atoms with E-state index in [0.717, 1.165) is 182 Å². The van der Waals surface area contributed by atoms with Gasteiger partial charge in [0, 0.05) is 68.0 Å². The zero-order valence-corrected chi connectivity index (χ0v) is 89.3. The summed E-state index contributed by atoms with van der Waals surface area (Å²) in [7, 11) is -0.961. The maximum atomic E-state index is 13.6. The lowest BCUT2D eigenvalue weighted by atomic mass is 9.75. The molecule has 20 nitrogen and oxygen atoms in total. The van der Waals surface area contributed by atoms with E-state index in [1.165, 1.54) is 60.7 Å². The number of aldehydes is 4. The van der Waals surface area contributed by atoms with Gasteiger partial charge < -0.3 is 76.4 Å². The molecule has 3 fully saturated rings. The van der Waals surface area contributed by atoms with E-state index in [9.17, 15) is 55.7 Å². The Hall–Kier alpha value is -12.5. The SMILES string of the molecule is Cc1c(COc2cc(O)c(C=O)cc2Cl)cccc1B1OC(C)(C)C(C)(C)O1.Cc1c(COc2cc(OCc3cc(F)cc(F)c3)c(C=O)cc2Cl)cccc1-c1cccc(OCCCCl)c1C.Cc1c(COc2cc(OCc3cc(F)cc(F)c3)c(C=O)cc2Cl)cccc1-c1cccc(OCCCN2CC[C@@H](O)C2)c1C.Cc1c(COc2cc(OCc3cc(F)cc(F)c3)c(C=O)cc2Cl)cccc1B1OC(C)(C)C(C)(C)O1. The average Bonchev–Trinajstić information content (AvgIpc) is 1.61. The van der Waals surface area contributed by atoms with Gasteiger partial charge in [-0.25, -0.2) is 26.3 Å². The first kappa shape index (κ1) is 115. The van der Waals surface area contributed by atoms with Crippen LogP contribution in [0.25, 0.3) is 22.3 Å². The van der Waals surface area contributed by atoms with Gasteiger partial charge in [-0.15, -0.1) is 11.6 Å². The molecule has 13 aromatic rings. The van der Waals surface area contributed by atoms with Crippen LogP contribution in [-0.4, -0.2) is 122 Å². The predicted octanol–water partition coefficient (Wildman–Crippen LogP) is 26.8. The molecule has 150 heavy (non-hydrogen) atoms. The summed E-state index contributed by atoms with van der Waals surface area (Å²) < 4.78 is 159. The van der Waals surface area contributed by atoms with Crippen molar-refractivity contribution in [3.63, 3.8) is 0 Å². The summed E-state index contributed by atoms with van der Waals surface area (Å²) in [5, 5.41) is 20.5. The van der Waals surface area contributed by atoms with Gasteiger partial charge in [-0.3, -0.25) is 19.2 Å². The van der Waals surface area contributed by atoms with Gasteiger partial charge in [-0.05, 0) is 294 Å². The van der Waals surface area contributed by atoms with Crippen molar-refractivity contribution in [2.75, 3.05) is 38.7 Å². The van der Waals surface area contributed by atoms with Gasteiger partial charge in [0.2, 0.25) is 0 Å². The molecule has 786 valence electrons. The molecule has 0 radical (unpaired) electrons. The number of benzene rings is 13. The van der Waals surface area contributed by atoms with Crippen molar-refractivity contribution in [3.05, 3.63) is 362 Å². The molecule has 0 amide bonds. The van der Waals surface area contributed by atoms with E-state index in [-0.39, 0.29) is 134 Å². The Morgan fingerprint density at radius 2 is 0.633 bits per heavy atom. The van der Waals surface area contributed by atoms with E-state index in [2.05, 4.69) is 36.1 Å². The number of nitrogens with zero attached hydrogens (tertiary/aromatic N) is 1. The number of rotatable bonds is 38. The van der Waals surface area contributed by atoms with Crippen LogP contribution in [0.3, 0.4) is 0 Å². The van der Waals surface area contributed by atoms with Gasteiger partial charge >= 0.3 is 14.2 Å². The maximum absolute atomic E-state index is 13.6. The Labute approximate surface area is 895 Å². The minimum Gasteiger partial charge on any atom is -0.507 e. The fourth-order valence-corrected chi connectivity index (χ4v) is 17.9. The molecular formula is C117H116B2Cl5F6NO19. The molecule has 0 aliphatic carbocycles. The van der Waals surface area contributed by atoms with Crippen LogP contribution in [-0.2, 0) is 64.9 Å². The first-order chi connectivity index (χ1) is 71.5. The molecule has 0 unspecified atom stereocenters. The van der Waals surface area contributed by atoms with Crippen molar-refractivity contribution in [1.82, 2.24) is 4.90 Å². The smallest absolute Gasteiger partial charge is 0.495 e. The largest absolute Gasteiger partial charge is 0.507 e. The Kier molecular flexibility index (Phi) is 39.4. The van der Waals surface area contributed by atoms with Gasteiger partial charge in [0.05, 0.1) is 84.1 Å². The number of carbonyl (C=O) groups excluding carboxylic acids is 4. The number of halogens is 11. The maximum Gasteiger partial charge on any atom is 0.495 e. The summed E-state index contributed by atoms with van der Waals surface area (Å²) in [6.07, 6.45) is 4.61. The third kappa shape index (κ3) is 29.2. The summed E-state index contributed by atoms with van der Waals surface area (Å²) in [5.74, 6) is -0.482. The second-order valence-corrected chi connectivity index (χ2v) is 40.4. The lowest BCUT2D eigenvalue weighted by molar-refractivity contribution is 0.00578. The van der Waals surface area contributed by atoms with E-state index < -0.39 is 71.5 Å². The number of β-amino-alcohol motifs (C(OH)–C–C–N with tert-alkyl or cyclic N) is 1. The van der Waals surface area contributed by atoms with Gasteiger partial charge in [0.1, 0.15) is 139 Å². The lowest BCUT2D eigenvalue weighted by Crippen LogP contribution is -2.41. The number of phenols is 1. The molecule has 3 saturated heterocycles. The molecule has 0 saturated carbocycles. The number of aliphatic hydroxyl groups excluding tert-OH is 1. The number of ether oxygens (including phenoxy) is 9. The highest BCUT2D eigenvalue weighted by Crippen LogP contribution is 2.44. The van der Waals surface area contributed by atoms with Gasteiger partial charge in [0.15, 0.2) is 25.1 Å². The molecule has 3 aliphatic heterocycles.